The van der Waals surface area contributed by atoms with Crippen LogP contribution in [0.1, 0.15) is 52.4 Å². The number of nitrogens with zero attached hydrogens (tertiary/aromatic N) is 3. The first-order valence-corrected chi connectivity index (χ1v) is 10.1. The molecule has 7 heteroatoms. The summed E-state index contributed by atoms with van der Waals surface area (Å²) >= 11 is 0. The van der Waals surface area contributed by atoms with Gasteiger partial charge in [-0.3, -0.25) is 4.79 Å². The Balaban J connectivity index is 2.72. The summed E-state index contributed by atoms with van der Waals surface area (Å²) in [6.45, 7) is 3.70. The number of methoxy groups -OCH3 is 1. The second kappa shape index (κ2) is 13.8. The number of hydrogen-bond acceptors (Lipinski definition) is 5. The van der Waals surface area contributed by atoms with E-state index in [1.54, 1.807) is 13.0 Å². The molecule has 7 nitrogen and oxygen atoms in total. The summed E-state index contributed by atoms with van der Waals surface area (Å²) in [6.07, 6.45) is 9.86. The third-order valence-electron chi connectivity index (χ3n) is 5.38. The van der Waals surface area contributed by atoms with Gasteiger partial charge in [0.2, 0.25) is 0 Å². The fourth-order valence-corrected chi connectivity index (χ4v) is 3.56. The van der Waals surface area contributed by atoms with Crippen molar-refractivity contribution in [3.05, 3.63) is 34.7 Å². The minimum atomic E-state index is -0.643. The summed E-state index contributed by atoms with van der Waals surface area (Å²) in [7, 11) is 1.38. The van der Waals surface area contributed by atoms with Crippen molar-refractivity contribution < 1.29 is 19.7 Å². The van der Waals surface area contributed by atoms with Crippen LogP contribution in [-0.2, 0) is 9.53 Å². The Bertz CT molecular complexity index is 673. The van der Waals surface area contributed by atoms with Crippen molar-refractivity contribution in [3.8, 4) is 11.8 Å². The molecule has 0 radical (unpaired) electrons. The van der Waals surface area contributed by atoms with Crippen LogP contribution < -0.4 is 0 Å². The van der Waals surface area contributed by atoms with Gasteiger partial charge in [0.1, 0.15) is 0 Å². The summed E-state index contributed by atoms with van der Waals surface area (Å²) < 4.78 is 4.62. The highest BCUT2D eigenvalue weighted by molar-refractivity contribution is 5.69. The molecule has 2 N–H and O–H groups in total. The Morgan fingerprint density at radius 1 is 1.45 bits per heavy atom. The lowest BCUT2D eigenvalue weighted by molar-refractivity contribution is -0.140. The fourth-order valence-electron chi connectivity index (χ4n) is 3.56. The molecular weight excluding hydrogens is 370 g/mol. The maximum atomic E-state index is 11.1. The van der Waals surface area contributed by atoms with Crippen molar-refractivity contribution in [2.24, 2.45) is 22.9 Å². The molecule has 29 heavy (non-hydrogen) atoms. The molecule has 0 aromatic heterocycles. The third-order valence-corrected chi connectivity index (χ3v) is 5.38. The van der Waals surface area contributed by atoms with E-state index in [0.717, 1.165) is 6.42 Å². The molecule has 0 spiro atoms. The predicted octanol–water partition coefficient (Wildman–Crippen LogP) is 3.92. The number of rotatable bonds is 11. The van der Waals surface area contributed by atoms with Crippen LogP contribution in [0.15, 0.2) is 29.4 Å². The number of azide groups is 1. The van der Waals surface area contributed by atoms with Crippen LogP contribution in [0.3, 0.4) is 0 Å². The SMILES string of the molecule is CC#CCC(C)[C@H](O)/C=C/[C@@H]1[C@@H](C/C=C\CCCC(=O)OC)[C@@H](N=[N+]=[N-])C[C@H]1O. The third kappa shape index (κ3) is 8.74. The molecule has 1 aliphatic rings. The smallest absolute Gasteiger partial charge is 0.305 e. The Morgan fingerprint density at radius 3 is 2.86 bits per heavy atom. The number of aliphatic hydroxyl groups is 2. The second-order valence-electron chi connectivity index (χ2n) is 7.48. The monoisotopic (exact) mass is 403 g/mol. The van der Waals surface area contributed by atoms with E-state index >= 15 is 0 Å². The minimum absolute atomic E-state index is 0.00155. The van der Waals surface area contributed by atoms with Crippen molar-refractivity contribution in [2.45, 2.75) is 70.6 Å². The van der Waals surface area contributed by atoms with Gasteiger partial charge in [-0.05, 0) is 50.0 Å². The van der Waals surface area contributed by atoms with Gasteiger partial charge in [0.05, 0.1) is 19.3 Å². The van der Waals surface area contributed by atoms with E-state index in [-0.39, 0.29) is 29.8 Å². The van der Waals surface area contributed by atoms with Crippen LogP contribution in [0.2, 0.25) is 0 Å². The van der Waals surface area contributed by atoms with Gasteiger partial charge in [0, 0.05) is 29.7 Å². The first-order chi connectivity index (χ1) is 13.9. The molecule has 6 atom stereocenters. The Labute approximate surface area is 173 Å². The number of unbranched alkanes of at least 4 members (excludes halogenated alkanes) is 1. The normalized spacial score (nSPS) is 26.0. The summed E-state index contributed by atoms with van der Waals surface area (Å²) in [6, 6.07) is -0.287. The molecule has 0 heterocycles. The van der Waals surface area contributed by atoms with Crippen molar-refractivity contribution in [2.75, 3.05) is 7.11 Å². The van der Waals surface area contributed by atoms with E-state index in [4.69, 9.17) is 5.53 Å². The van der Waals surface area contributed by atoms with Crippen molar-refractivity contribution in [1.29, 1.82) is 0 Å². The molecular formula is C22H33N3O4. The van der Waals surface area contributed by atoms with Crippen molar-refractivity contribution in [3.63, 3.8) is 0 Å². The number of carbonyl (C=O) groups excluding carboxylic acids is 1. The lowest BCUT2D eigenvalue weighted by atomic mass is 9.88. The second-order valence-corrected chi connectivity index (χ2v) is 7.48. The first kappa shape index (κ1) is 24.8. The number of hydrogen-bond donors (Lipinski definition) is 2. The zero-order chi connectivity index (χ0) is 21.6. The van der Waals surface area contributed by atoms with Crippen LogP contribution in [0.5, 0.6) is 0 Å². The standard InChI is InChI=1S/C22H33N3O4/c1-4-5-10-16(2)20(26)14-13-18-17(19(24-25-23)15-21(18)27)11-8-6-7-9-12-22(28)29-3/h6,8,13-14,16-21,26-27H,7,9-12,15H2,1-3H3/b8-6-,14-13+/t16?,17-,18-,19+,20-,21-/m1/s1. The topological polar surface area (TPSA) is 116 Å². The zero-order valence-electron chi connectivity index (χ0n) is 17.6. The van der Waals surface area contributed by atoms with Gasteiger partial charge in [-0.2, -0.15) is 0 Å². The Morgan fingerprint density at radius 2 is 2.21 bits per heavy atom. The van der Waals surface area contributed by atoms with Crippen LogP contribution in [0.25, 0.3) is 10.4 Å². The van der Waals surface area contributed by atoms with Crippen LogP contribution in [-0.4, -0.2) is 41.5 Å². The summed E-state index contributed by atoms with van der Waals surface area (Å²) in [5.74, 6) is 5.35. The van der Waals surface area contributed by atoms with Crippen LogP contribution in [0, 0.1) is 29.6 Å². The number of carbonyl (C=O) groups is 1. The molecule has 160 valence electrons. The molecule has 0 amide bonds. The van der Waals surface area contributed by atoms with Gasteiger partial charge in [-0.1, -0.05) is 36.3 Å². The Kier molecular flexibility index (Phi) is 11.8. The van der Waals surface area contributed by atoms with Crippen LogP contribution in [0.4, 0.5) is 0 Å². The quantitative estimate of drug-likeness (QED) is 0.103. The molecule has 1 fully saturated rings. The van der Waals surface area contributed by atoms with Crippen LogP contribution >= 0.6 is 0 Å². The molecule has 0 saturated heterocycles. The summed E-state index contributed by atoms with van der Waals surface area (Å²) in [4.78, 5) is 14.1. The largest absolute Gasteiger partial charge is 0.469 e. The van der Waals surface area contributed by atoms with E-state index in [9.17, 15) is 15.0 Å². The van der Waals surface area contributed by atoms with E-state index in [0.29, 0.717) is 32.1 Å². The maximum Gasteiger partial charge on any atom is 0.305 e. The van der Waals surface area contributed by atoms with Crippen molar-refractivity contribution >= 4 is 5.97 Å². The fraction of sp³-hybridized carbons (Fsp3) is 0.682. The minimum Gasteiger partial charge on any atom is -0.469 e. The number of aliphatic hydroxyl groups excluding tert-OH is 2. The molecule has 1 rings (SSSR count). The lowest BCUT2D eigenvalue weighted by Gasteiger charge is -2.21. The average molecular weight is 404 g/mol. The molecule has 1 aliphatic carbocycles. The molecule has 1 unspecified atom stereocenters. The highest BCUT2D eigenvalue weighted by Crippen LogP contribution is 2.38. The highest BCUT2D eigenvalue weighted by Gasteiger charge is 2.40. The van der Waals surface area contributed by atoms with Gasteiger partial charge >= 0.3 is 5.97 Å². The number of ether oxygens (including phenoxy) is 1. The number of allylic oxidation sites excluding steroid dienone is 2. The zero-order valence-corrected chi connectivity index (χ0v) is 17.6. The van der Waals surface area contributed by atoms with E-state index in [2.05, 4.69) is 26.6 Å². The molecule has 0 aromatic rings. The Hall–Kier alpha value is -2.26. The van der Waals surface area contributed by atoms with Gasteiger partial charge in [-0.15, -0.1) is 11.8 Å². The van der Waals surface area contributed by atoms with Gasteiger partial charge in [-0.25, -0.2) is 0 Å². The first-order valence-electron chi connectivity index (χ1n) is 10.1. The van der Waals surface area contributed by atoms with Gasteiger partial charge in [0.25, 0.3) is 0 Å². The lowest BCUT2D eigenvalue weighted by Crippen LogP contribution is -2.21. The van der Waals surface area contributed by atoms with E-state index in [1.807, 2.05) is 25.2 Å². The number of esters is 1. The molecule has 0 aromatic carbocycles. The maximum absolute atomic E-state index is 11.1. The highest BCUT2D eigenvalue weighted by atomic mass is 16.5. The molecule has 1 saturated carbocycles. The van der Waals surface area contributed by atoms with Gasteiger partial charge < -0.3 is 14.9 Å². The van der Waals surface area contributed by atoms with Gasteiger partial charge in [0.15, 0.2) is 0 Å². The van der Waals surface area contributed by atoms with E-state index in [1.165, 1.54) is 7.11 Å². The van der Waals surface area contributed by atoms with E-state index < -0.39 is 12.2 Å². The average Bonchev–Trinajstić information content (AvgIpc) is 3.00. The summed E-state index contributed by atoms with van der Waals surface area (Å²) in [5, 5.41) is 24.6. The van der Waals surface area contributed by atoms with Crippen molar-refractivity contribution in [1.82, 2.24) is 0 Å². The molecule has 0 aliphatic heterocycles. The summed E-state index contributed by atoms with van der Waals surface area (Å²) in [5.41, 5.74) is 8.85. The predicted molar refractivity (Wildman–Crippen MR) is 113 cm³/mol. The molecule has 0 bridgehead atoms.